The van der Waals surface area contributed by atoms with Crippen LogP contribution in [0.15, 0.2) is 54.9 Å². The van der Waals surface area contributed by atoms with Gasteiger partial charge in [0, 0.05) is 31.1 Å². The van der Waals surface area contributed by atoms with Crippen molar-refractivity contribution in [2.45, 2.75) is 39.8 Å². The number of carbonyl (C=O) groups excluding carboxylic acids is 1. The highest BCUT2D eigenvalue weighted by Crippen LogP contribution is 2.21. The standard InChI is InChI=1S/C21H24N4O/c1-15-16(2)24-25(17(15)3)13-11-20(26)23-21(18-8-5-4-6-9-18)19-10-7-12-22-14-19/h4-10,12,14,21H,11,13H2,1-3H3,(H,23,26)/t21-/m0/s1. The summed E-state index contributed by atoms with van der Waals surface area (Å²) in [7, 11) is 0. The van der Waals surface area contributed by atoms with Crippen molar-refractivity contribution in [2.24, 2.45) is 0 Å². The maximum atomic E-state index is 12.6. The van der Waals surface area contributed by atoms with Gasteiger partial charge >= 0.3 is 0 Å². The Hall–Kier alpha value is -2.95. The molecule has 0 aliphatic rings. The zero-order valence-corrected chi connectivity index (χ0v) is 15.4. The molecule has 134 valence electrons. The van der Waals surface area contributed by atoms with Crippen LogP contribution in [0.2, 0.25) is 0 Å². The fourth-order valence-corrected chi connectivity index (χ4v) is 3.00. The number of carbonyl (C=O) groups is 1. The molecular weight excluding hydrogens is 324 g/mol. The number of hydrogen-bond acceptors (Lipinski definition) is 3. The van der Waals surface area contributed by atoms with Crippen LogP contribution >= 0.6 is 0 Å². The molecule has 0 bridgehead atoms. The molecule has 3 aromatic rings. The van der Waals surface area contributed by atoms with E-state index in [2.05, 4.69) is 22.3 Å². The normalized spacial score (nSPS) is 12.0. The molecule has 1 N–H and O–H groups in total. The van der Waals surface area contributed by atoms with E-state index < -0.39 is 0 Å². The van der Waals surface area contributed by atoms with Gasteiger partial charge in [0.15, 0.2) is 0 Å². The average molecular weight is 348 g/mol. The maximum Gasteiger partial charge on any atom is 0.222 e. The van der Waals surface area contributed by atoms with Crippen molar-refractivity contribution in [2.75, 3.05) is 0 Å². The molecule has 2 heterocycles. The zero-order chi connectivity index (χ0) is 18.5. The molecule has 0 fully saturated rings. The van der Waals surface area contributed by atoms with Crippen LogP contribution in [0.25, 0.3) is 0 Å². The number of pyridine rings is 1. The molecule has 5 heteroatoms. The highest BCUT2D eigenvalue weighted by molar-refractivity contribution is 5.76. The molecule has 3 rings (SSSR count). The van der Waals surface area contributed by atoms with Crippen molar-refractivity contribution in [3.8, 4) is 0 Å². The van der Waals surface area contributed by atoms with E-state index in [0.29, 0.717) is 13.0 Å². The Bertz CT molecular complexity index is 832. The van der Waals surface area contributed by atoms with Crippen molar-refractivity contribution >= 4 is 5.91 Å². The molecule has 0 saturated carbocycles. The first-order chi connectivity index (χ1) is 12.6. The minimum absolute atomic E-state index is 0.00656. The van der Waals surface area contributed by atoms with Gasteiger partial charge in [-0.25, -0.2) is 0 Å². The molecule has 0 spiro atoms. The molecular formula is C21H24N4O. The van der Waals surface area contributed by atoms with E-state index in [-0.39, 0.29) is 11.9 Å². The largest absolute Gasteiger partial charge is 0.345 e. The number of rotatable bonds is 6. The summed E-state index contributed by atoms with van der Waals surface area (Å²) in [5.41, 5.74) is 5.32. The van der Waals surface area contributed by atoms with Crippen LogP contribution in [0, 0.1) is 20.8 Å². The lowest BCUT2D eigenvalue weighted by Gasteiger charge is -2.19. The van der Waals surface area contributed by atoms with Crippen molar-refractivity contribution in [3.05, 3.63) is 82.9 Å². The van der Waals surface area contributed by atoms with Crippen LogP contribution in [0.4, 0.5) is 0 Å². The fourth-order valence-electron chi connectivity index (χ4n) is 3.00. The Balaban J connectivity index is 1.72. The summed E-state index contributed by atoms with van der Waals surface area (Å²) in [5, 5.41) is 7.64. The van der Waals surface area contributed by atoms with E-state index in [1.807, 2.05) is 61.0 Å². The predicted molar refractivity (Wildman–Crippen MR) is 102 cm³/mol. The molecule has 0 unspecified atom stereocenters. The number of amides is 1. The van der Waals surface area contributed by atoms with E-state index >= 15 is 0 Å². The third-order valence-corrected chi connectivity index (χ3v) is 4.75. The lowest BCUT2D eigenvalue weighted by molar-refractivity contribution is -0.121. The number of benzene rings is 1. The van der Waals surface area contributed by atoms with Crippen molar-refractivity contribution in [3.63, 3.8) is 0 Å². The van der Waals surface area contributed by atoms with Crippen LogP contribution in [0.5, 0.6) is 0 Å². The monoisotopic (exact) mass is 348 g/mol. The Morgan fingerprint density at radius 3 is 2.42 bits per heavy atom. The Labute approximate surface area is 154 Å². The summed E-state index contributed by atoms with van der Waals surface area (Å²) in [4.78, 5) is 16.8. The number of aryl methyl sites for hydroxylation is 2. The van der Waals surface area contributed by atoms with Gasteiger partial charge < -0.3 is 5.32 Å². The molecule has 1 amide bonds. The Kier molecular flexibility index (Phi) is 5.46. The van der Waals surface area contributed by atoms with E-state index in [4.69, 9.17) is 0 Å². The van der Waals surface area contributed by atoms with E-state index in [1.54, 1.807) is 12.4 Å². The first kappa shape index (κ1) is 17.9. The second kappa shape index (κ2) is 7.95. The summed E-state index contributed by atoms with van der Waals surface area (Å²) in [5.74, 6) is -0.00656. The molecule has 0 radical (unpaired) electrons. The molecule has 0 saturated heterocycles. The van der Waals surface area contributed by atoms with Crippen molar-refractivity contribution in [1.29, 1.82) is 0 Å². The number of hydrogen-bond donors (Lipinski definition) is 1. The smallest absolute Gasteiger partial charge is 0.222 e. The summed E-state index contributed by atoms with van der Waals surface area (Å²) in [6.45, 7) is 6.66. The summed E-state index contributed by atoms with van der Waals surface area (Å²) in [6.07, 6.45) is 3.91. The van der Waals surface area contributed by atoms with Crippen molar-refractivity contribution in [1.82, 2.24) is 20.1 Å². The predicted octanol–water partition coefficient (Wildman–Crippen LogP) is 3.50. The second-order valence-corrected chi connectivity index (χ2v) is 6.47. The minimum Gasteiger partial charge on any atom is -0.345 e. The van der Waals surface area contributed by atoms with Crippen LogP contribution < -0.4 is 5.32 Å². The number of aromatic nitrogens is 3. The topological polar surface area (TPSA) is 59.8 Å². The van der Waals surface area contributed by atoms with Gasteiger partial charge in [0.25, 0.3) is 0 Å². The third-order valence-electron chi connectivity index (χ3n) is 4.75. The lowest BCUT2D eigenvalue weighted by Crippen LogP contribution is -2.30. The highest BCUT2D eigenvalue weighted by atomic mass is 16.1. The first-order valence-electron chi connectivity index (χ1n) is 8.81. The molecule has 1 aromatic carbocycles. The molecule has 2 aromatic heterocycles. The van der Waals surface area contributed by atoms with Gasteiger partial charge in [-0.15, -0.1) is 0 Å². The van der Waals surface area contributed by atoms with E-state index in [9.17, 15) is 4.79 Å². The highest BCUT2D eigenvalue weighted by Gasteiger charge is 2.17. The van der Waals surface area contributed by atoms with Crippen molar-refractivity contribution < 1.29 is 4.79 Å². The maximum absolute atomic E-state index is 12.6. The first-order valence-corrected chi connectivity index (χ1v) is 8.81. The van der Waals surface area contributed by atoms with Crippen LogP contribution in [0.1, 0.15) is 40.5 Å². The van der Waals surface area contributed by atoms with Gasteiger partial charge in [0.1, 0.15) is 0 Å². The number of nitrogens with zero attached hydrogens (tertiary/aromatic N) is 3. The van der Waals surface area contributed by atoms with Gasteiger partial charge in [-0.1, -0.05) is 36.4 Å². The molecule has 0 aliphatic carbocycles. The second-order valence-electron chi connectivity index (χ2n) is 6.47. The molecule has 26 heavy (non-hydrogen) atoms. The third kappa shape index (κ3) is 3.99. The van der Waals surface area contributed by atoms with Crippen LogP contribution in [0.3, 0.4) is 0 Å². The van der Waals surface area contributed by atoms with Gasteiger partial charge in [-0.05, 0) is 43.5 Å². The molecule has 5 nitrogen and oxygen atoms in total. The van der Waals surface area contributed by atoms with Gasteiger partial charge in [-0.3, -0.25) is 14.5 Å². The average Bonchev–Trinajstić information content (AvgIpc) is 2.92. The SMILES string of the molecule is Cc1nn(CCC(=O)N[C@@H](c2ccccc2)c2cccnc2)c(C)c1C. The van der Waals surface area contributed by atoms with Gasteiger partial charge in [-0.2, -0.15) is 5.10 Å². The van der Waals surface area contributed by atoms with Gasteiger partial charge in [0.2, 0.25) is 5.91 Å². The fraction of sp³-hybridized carbons (Fsp3) is 0.286. The van der Waals surface area contributed by atoms with Crippen LogP contribution in [-0.4, -0.2) is 20.7 Å². The lowest BCUT2D eigenvalue weighted by atomic mass is 10.00. The zero-order valence-electron chi connectivity index (χ0n) is 15.4. The van der Waals surface area contributed by atoms with Crippen LogP contribution in [-0.2, 0) is 11.3 Å². The summed E-state index contributed by atoms with van der Waals surface area (Å²) in [6, 6.07) is 13.6. The number of nitrogens with one attached hydrogen (secondary N) is 1. The van der Waals surface area contributed by atoms with E-state index in [1.165, 1.54) is 5.56 Å². The molecule has 0 aliphatic heterocycles. The minimum atomic E-state index is -0.209. The van der Waals surface area contributed by atoms with E-state index in [0.717, 1.165) is 22.5 Å². The quantitative estimate of drug-likeness (QED) is 0.742. The van der Waals surface area contributed by atoms with Gasteiger partial charge in [0.05, 0.1) is 11.7 Å². The summed E-state index contributed by atoms with van der Waals surface area (Å²) >= 11 is 0. The molecule has 1 atom stereocenters. The Morgan fingerprint density at radius 2 is 1.81 bits per heavy atom. The summed E-state index contributed by atoms with van der Waals surface area (Å²) < 4.78 is 1.91. The Morgan fingerprint density at radius 1 is 1.08 bits per heavy atom.